The number of nitrogens with two attached hydrogens (primary N) is 2. The summed E-state index contributed by atoms with van der Waals surface area (Å²) in [6.45, 7) is 6.55. The van der Waals surface area contributed by atoms with Gasteiger partial charge < -0.3 is 59.6 Å². The fourth-order valence-corrected chi connectivity index (χ4v) is 6.20. The number of aromatic nitrogens is 4. The molecule has 21 nitrogen and oxygen atoms in total. The lowest BCUT2D eigenvalue weighted by Crippen LogP contribution is -2.37. The highest BCUT2D eigenvalue weighted by atomic mass is 16.8. The van der Waals surface area contributed by atoms with E-state index in [0.717, 1.165) is 4.57 Å². The topological polar surface area (TPSA) is 287 Å². The van der Waals surface area contributed by atoms with Gasteiger partial charge in [0.2, 0.25) is 0 Å². The molecule has 2 amide bonds. The van der Waals surface area contributed by atoms with Crippen molar-refractivity contribution < 1.29 is 62.5 Å². The van der Waals surface area contributed by atoms with E-state index in [1.54, 1.807) is 27.7 Å². The number of amides is 2. The Morgan fingerprint density at radius 2 is 1.21 bits per heavy atom. The second-order valence-electron chi connectivity index (χ2n) is 13.0. The summed E-state index contributed by atoms with van der Waals surface area (Å²) in [5, 5.41) is 18.2. The summed E-state index contributed by atoms with van der Waals surface area (Å²) in [4.78, 5) is 66.7. The van der Waals surface area contributed by atoms with Crippen molar-refractivity contribution in [3.05, 3.63) is 56.9 Å². The van der Waals surface area contributed by atoms with Crippen molar-refractivity contribution in [1.29, 1.82) is 0 Å². The molecule has 2 aromatic rings. The molecule has 52 heavy (non-hydrogen) atoms. The van der Waals surface area contributed by atoms with Gasteiger partial charge in [0.05, 0.1) is 13.2 Å². The Labute approximate surface area is 295 Å². The van der Waals surface area contributed by atoms with Crippen LogP contribution in [0.3, 0.4) is 0 Å². The number of primary amides is 2. The molecular weight excluding hydrogens is 696 g/mol. The summed E-state index contributed by atoms with van der Waals surface area (Å²) in [7, 11) is 0. The van der Waals surface area contributed by atoms with Crippen molar-refractivity contribution in [2.75, 3.05) is 26.4 Å². The minimum atomic E-state index is -0.961. The first kappa shape index (κ1) is 38.9. The molecule has 4 saturated heterocycles. The van der Waals surface area contributed by atoms with Crippen LogP contribution in [-0.2, 0) is 37.9 Å². The van der Waals surface area contributed by atoms with Crippen LogP contribution in [0.5, 0.6) is 0 Å². The quantitative estimate of drug-likeness (QED) is 0.150. The van der Waals surface area contributed by atoms with Gasteiger partial charge in [-0.2, -0.15) is 0 Å². The van der Waals surface area contributed by atoms with E-state index in [9.17, 15) is 29.1 Å². The number of nitrogens with zero attached hydrogens (tertiary/aromatic N) is 4. The molecule has 21 heteroatoms. The first-order valence-electron chi connectivity index (χ1n) is 16.3. The molecule has 8 atom stereocenters. The molecule has 0 radical (unpaired) electrons. The smallest absolute Gasteiger partial charge is 0.434 e. The summed E-state index contributed by atoms with van der Waals surface area (Å²) < 4.78 is 47.1. The summed E-state index contributed by atoms with van der Waals surface area (Å²) >= 11 is 0. The minimum absolute atomic E-state index is 0.0117. The third-order valence-corrected chi connectivity index (χ3v) is 8.32. The highest BCUT2D eigenvalue weighted by Gasteiger charge is 2.57. The molecule has 2 aromatic heterocycles. The van der Waals surface area contributed by atoms with E-state index >= 15 is 0 Å². The maximum atomic E-state index is 12.6. The fourth-order valence-electron chi connectivity index (χ4n) is 6.20. The van der Waals surface area contributed by atoms with Crippen LogP contribution in [0.4, 0.5) is 4.79 Å². The van der Waals surface area contributed by atoms with Crippen LogP contribution in [-0.4, -0.2) is 122 Å². The highest BCUT2D eigenvalue weighted by molar-refractivity contribution is 5.90. The van der Waals surface area contributed by atoms with E-state index in [-0.39, 0.29) is 32.1 Å². The Bertz CT molecular complexity index is 1750. The van der Waals surface area contributed by atoms with Gasteiger partial charge in [-0.15, -0.1) is 0 Å². The Hall–Kier alpha value is -4.35. The second kappa shape index (κ2) is 15.7. The molecule has 4 aliphatic heterocycles. The monoisotopic (exact) mass is 738 g/mol. The standard InChI is InChI=1S/C18H25N3O9.C13H17N3O6/c1-18(2)29-12-10(9-27-17(25)26-8-4-3-7-22)28-16(13(12)30-18)21-6-5-20-11(14(19)23)15(21)24;1-13(2)21-8-6(5-17)20-12(9(8)22-13)16-4-3-15-7(10(14)18)11(16)19/h5-6,10,12-13,16,22H,3-4,7-9H2,1-2H3,(H2,19,23);3-4,6,8-9,12,17H,5H2,1-2H3,(H2,14,18)/t10-,12-,13-,16-;6-,8-,9-,12-/m11/s1. The zero-order valence-electron chi connectivity index (χ0n) is 28.8. The van der Waals surface area contributed by atoms with Gasteiger partial charge in [0, 0.05) is 31.4 Å². The van der Waals surface area contributed by atoms with Crippen LogP contribution in [0, 0.1) is 0 Å². The largest absolute Gasteiger partial charge is 0.508 e. The van der Waals surface area contributed by atoms with E-state index in [1.165, 1.54) is 29.4 Å². The maximum Gasteiger partial charge on any atom is 0.508 e. The Kier molecular flexibility index (Phi) is 11.7. The molecule has 0 spiro atoms. The van der Waals surface area contributed by atoms with Crippen LogP contribution in [0.1, 0.15) is 74.0 Å². The van der Waals surface area contributed by atoms with Crippen LogP contribution >= 0.6 is 0 Å². The third-order valence-electron chi connectivity index (χ3n) is 8.32. The zero-order chi connectivity index (χ0) is 38.0. The van der Waals surface area contributed by atoms with Gasteiger partial charge in [-0.1, -0.05) is 0 Å². The molecule has 0 aliphatic carbocycles. The number of hydrogen-bond acceptors (Lipinski definition) is 17. The normalized spacial score (nSPS) is 29.4. The molecule has 6 heterocycles. The Morgan fingerprint density at radius 1 is 0.750 bits per heavy atom. The predicted molar refractivity (Wildman–Crippen MR) is 170 cm³/mol. The molecule has 0 bridgehead atoms. The summed E-state index contributed by atoms with van der Waals surface area (Å²) in [5.41, 5.74) is 8.12. The molecule has 4 fully saturated rings. The van der Waals surface area contributed by atoms with E-state index < -0.39 is 95.4 Å². The van der Waals surface area contributed by atoms with Gasteiger partial charge in [0.15, 0.2) is 35.4 Å². The number of ether oxygens (including phenoxy) is 8. The molecule has 6 N–H and O–H groups in total. The van der Waals surface area contributed by atoms with Crippen LogP contribution < -0.4 is 22.6 Å². The minimum Gasteiger partial charge on any atom is -0.434 e. The number of carbonyl (C=O) groups is 3. The molecule has 6 rings (SSSR count). The van der Waals surface area contributed by atoms with Crippen molar-refractivity contribution in [3.8, 4) is 0 Å². The van der Waals surface area contributed by atoms with Crippen molar-refractivity contribution in [3.63, 3.8) is 0 Å². The van der Waals surface area contributed by atoms with Gasteiger partial charge in [-0.25, -0.2) is 14.8 Å². The van der Waals surface area contributed by atoms with Crippen molar-refractivity contribution >= 4 is 18.0 Å². The average Bonchev–Trinajstić information content (AvgIpc) is 3.78. The van der Waals surface area contributed by atoms with Crippen LogP contribution in [0.25, 0.3) is 0 Å². The van der Waals surface area contributed by atoms with Gasteiger partial charge in [-0.05, 0) is 40.5 Å². The molecule has 4 aliphatic rings. The second-order valence-corrected chi connectivity index (χ2v) is 13.0. The molecule has 0 aromatic carbocycles. The van der Waals surface area contributed by atoms with Gasteiger partial charge in [0.25, 0.3) is 22.9 Å². The van der Waals surface area contributed by atoms with Gasteiger partial charge >= 0.3 is 6.16 Å². The summed E-state index contributed by atoms with van der Waals surface area (Å²) in [6.07, 6.45) is -0.179. The molecular formula is C31H42N6O15. The summed E-state index contributed by atoms with van der Waals surface area (Å²) in [5.74, 6) is -3.69. The lowest BCUT2D eigenvalue weighted by Gasteiger charge is -2.24. The maximum absolute atomic E-state index is 12.6. The van der Waals surface area contributed by atoms with E-state index in [0.29, 0.717) is 12.8 Å². The number of aliphatic hydroxyl groups excluding tert-OH is 2. The zero-order valence-corrected chi connectivity index (χ0v) is 28.8. The Balaban J connectivity index is 0.000000210. The molecule has 0 unspecified atom stereocenters. The lowest BCUT2D eigenvalue weighted by atomic mass is 10.1. The van der Waals surface area contributed by atoms with Crippen molar-refractivity contribution in [2.24, 2.45) is 11.5 Å². The third kappa shape index (κ3) is 8.31. The number of rotatable bonds is 11. The predicted octanol–water partition coefficient (Wildman–Crippen LogP) is -1.56. The first-order valence-corrected chi connectivity index (χ1v) is 16.3. The number of aliphatic hydroxyl groups is 2. The van der Waals surface area contributed by atoms with Crippen LogP contribution in [0.2, 0.25) is 0 Å². The summed E-state index contributed by atoms with van der Waals surface area (Å²) in [6, 6.07) is 0. The van der Waals surface area contributed by atoms with Gasteiger partial charge in [-0.3, -0.25) is 28.3 Å². The SMILES string of the molecule is CC1(C)O[C@@H]2[C@H](O1)[C@@H](CO)O[C@H]2n1ccnc(C(N)=O)c1=O.CC1(C)O[C@@H]2[C@H](O1)[C@@H](COC(=O)OCCCCO)O[C@H]2n1ccnc(C(N)=O)c1=O. The van der Waals surface area contributed by atoms with Crippen molar-refractivity contribution in [1.82, 2.24) is 19.1 Å². The number of fused-ring (bicyclic) bond motifs is 2. The van der Waals surface area contributed by atoms with Crippen molar-refractivity contribution in [2.45, 2.75) is 101 Å². The number of carbonyl (C=O) groups excluding carboxylic acids is 3. The first-order chi connectivity index (χ1) is 24.6. The number of unbranched alkanes of at least 4 members (excludes halogenated alkanes) is 1. The Morgan fingerprint density at radius 3 is 1.67 bits per heavy atom. The van der Waals surface area contributed by atoms with E-state index in [1.807, 2.05) is 0 Å². The lowest BCUT2D eigenvalue weighted by molar-refractivity contribution is -0.201. The van der Waals surface area contributed by atoms with Crippen LogP contribution in [0.15, 0.2) is 34.4 Å². The molecule has 0 saturated carbocycles. The van der Waals surface area contributed by atoms with E-state index in [2.05, 4.69) is 9.97 Å². The fraction of sp³-hybridized carbons (Fsp3) is 0.645. The van der Waals surface area contributed by atoms with Gasteiger partial charge in [0.1, 0.15) is 43.2 Å². The molecule has 286 valence electrons. The average molecular weight is 739 g/mol. The number of hydrogen-bond donors (Lipinski definition) is 4. The highest BCUT2D eigenvalue weighted by Crippen LogP contribution is 2.43. The van der Waals surface area contributed by atoms with E-state index in [4.69, 9.17) is 54.5 Å².